The molecule has 12 atom stereocenters. The highest BCUT2D eigenvalue weighted by Crippen LogP contribution is 2.78. The van der Waals surface area contributed by atoms with E-state index in [1.165, 1.54) is 0 Å². The molecule has 5 heteroatoms. The number of fused-ring (bicyclic) bond motifs is 8. The first-order valence-electron chi connectivity index (χ1n) is 12.3. The van der Waals surface area contributed by atoms with Crippen LogP contribution in [0.2, 0.25) is 0 Å². The molecule has 5 aliphatic carbocycles. The molecule has 5 rings (SSSR count). The van der Waals surface area contributed by atoms with E-state index in [2.05, 4.69) is 20.8 Å². The van der Waals surface area contributed by atoms with Crippen molar-refractivity contribution in [3.8, 4) is 0 Å². The van der Waals surface area contributed by atoms with Gasteiger partial charge >= 0.3 is 5.97 Å². The number of carbonyl (C=O) groups excluding carboxylic acids is 1. The molecule has 0 amide bonds. The van der Waals surface area contributed by atoms with Gasteiger partial charge in [-0.15, -0.1) is 0 Å². The number of esters is 1. The number of aliphatic hydroxyl groups is 3. The van der Waals surface area contributed by atoms with E-state index in [1.807, 2.05) is 6.92 Å². The fraction of sp³-hybridized carbons (Fsp3) is 0.960. The lowest BCUT2D eigenvalue weighted by Gasteiger charge is -2.64. The fourth-order valence-corrected chi connectivity index (χ4v) is 9.69. The van der Waals surface area contributed by atoms with Crippen molar-refractivity contribution in [3.63, 3.8) is 0 Å². The summed E-state index contributed by atoms with van der Waals surface area (Å²) in [6, 6.07) is 0. The second-order valence-corrected chi connectivity index (χ2v) is 12.0. The monoisotopic (exact) mass is 420 g/mol. The van der Waals surface area contributed by atoms with Crippen LogP contribution in [0, 0.1) is 52.3 Å². The van der Waals surface area contributed by atoms with Gasteiger partial charge in [0.15, 0.2) is 5.60 Å². The van der Waals surface area contributed by atoms with Crippen molar-refractivity contribution in [2.45, 2.75) is 90.4 Å². The van der Waals surface area contributed by atoms with Gasteiger partial charge in [-0.25, -0.2) is 4.79 Å². The first-order valence-corrected chi connectivity index (χ1v) is 12.3. The zero-order chi connectivity index (χ0) is 21.9. The van der Waals surface area contributed by atoms with E-state index < -0.39 is 28.7 Å². The zero-order valence-corrected chi connectivity index (χ0v) is 19.2. The summed E-state index contributed by atoms with van der Waals surface area (Å²) in [5.41, 5.74) is -2.90. The molecule has 3 N–H and O–H groups in total. The molecular formula is C25H40O5. The molecule has 30 heavy (non-hydrogen) atoms. The van der Waals surface area contributed by atoms with Gasteiger partial charge in [0, 0.05) is 11.8 Å². The molecule has 0 bridgehead atoms. The van der Waals surface area contributed by atoms with Crippen LogP contribution in [0.4, 0.5) is 0 Å². The molecule has 0 aromatic carbocycles. The SMILES string of the molecule is CCOC(=O)[C@]1(O)C(C)[C@@H](C)C2C3C4CC4[C@]4(O)C[C@@H](O)CC[C@]4(C)C3CC[C@@]21C. The molecule has 0 spiro atoms. The van der Waals surface area contributed by atoms with Crippen LogP contribution in [0.25, 0.3) is 0 Å². The molecule has 0 heterocycles. The summed E-state index contributed by atoms with van der Waals surface area (Å²) in [6.07, 6.45) is 4.48. The summed E-state index contributed by atoms with van der Waals surface area (Å²) in [7, 11) is 0. The number of hydrogen-bond acceptors (Lipinski definition) is 5. The van der Waals surface area contributed by atoms with Gasteiger partial charge in [0.2, 0.25) is 0 Å². The van der Waals surface area contributed by atoms with E-state index in [-0.39, 0.29) is 35.7 Å². The number of hydrogen-bond donors (Lipinski definition) is 3. The Kier molecular flexibility index (Phi) is 4.40. The first-order chi connectivity index (χ1) is 14.0. The Labute approximate surface area is 180 Å². The average Bonchev–Trinajstić information content (AvgIpc) is 3.47. The quantitative estimate of drug-likeness (QED) is 0.598. The number of ether oxygens (including phenoxy) is 1. The third kappa shape index (κ3) is 2.18. The minimum atomic E-state index is -1.44. The van der Waals surface area contributed by atoms with Crippen molar-refractivity contribution in [1.82, 2.24) is 0 Å². The Bertz CT molecular complexity index is 754. The van der Waals surface area contributed by atoms with Crippen molar-refractivity contribution >= 4 is 5.97 Å². The molecule has 0 aromatic heterocycles. The summed E-state index contributed by atoms with van der Waals surface area (Å²) in [5.74, 6) is 1.39. The zero-order valence-electron chi connectivity index (χ0n) is 19.2. The maximum absolute atomic E-state index is 13.1. The molecule has 5 fully saturated rings. The van der Waals surface area contributed by atoms with E-state index in [0.29, 0.717) is 24.2 Å². The number of aliphatic hydroxyl groups excluding tert-OH is 1. The van der Waals surface area contributed by atoms with Crippen LogP contribution in [0.5, 0.6) is 0 Å². The number of carbonyl (C=O) groups is 1. The maximum Gasteiger partial charge on any atom is 0.338 e. The highest BCUT2D eigenvalue weighted by Gasteiger charge is 2.78. The minimum absolute atomic E-state index is 0.149. The standard InChI is InChI=1S/C25H40O5/c1-6-30-21(27)25(29)14(3)13(2)20-19-16-11-18(16)24(28)12-15(26)7-9-22(24,4)17(19)8-10-23(20,25)5/h13-20,26,28-29H,6-12H2,1-5H3/t13-,14?,15+,16?,17?,18?,19?,20?,22-,23+,24-,25-/m1/s1. The normalized spacial score (nSPS) is 61.3. The van der Waals surface area contributed by atoms with Crippen LogP contribution in [0.1, 0.15) is 73.1 Å². The third-order valence-corrected chi connectivity index (χ3v) is 11.4. The van der Waals surface area contributed by atoms with Crippen LogP contribution in [0.3, 0.4) is 0 Å². The molecule has 5 saturated carbocycles. The lowest BCUT2D eigenvalue weighted by atomic mass is 9.42. The molecule has 0 aromatic rings. The first kappa shape index (κ1) is 21.2. The molecule has 5 nitrogen and oxygen atoms in total. The smallest absolute Gasteiger partial charge is 0.338 e. The summed E-state index contributed by atoms with van der Waals surface area (Å²) in [6.45, 7) is 10.7. The van der Waals surface area contributed by atoms with E-state index in [4.69, 9.17) is 4.74 Å². The van der Waals surface area contributed by atoms with Crippen molar-refractivity contribution in [2.24, 2.45) is 52.3 Å². The van der Waals surface area contributed by atoms with Gasteiger partial charge < -0.3 is 20.1 Å². The Morgan fingerprint density at radius 1 is 1.07 bits per heavy atom. The average molecular weight is 421 g/mol. The lowest BCUT2D eigenvalue weighted by Crippen LogP contribution is -2.66. The molecule has 0 aliphatic heterocycles. The highest BCUT2D eigenvalue weighted by atomic mass is 16.5. The van der Waals surface area contributed by atoms with Crippen molar-refractivity contribution in [1.29, 1.82) is 0 Å². The minimum Gasteiger partial charge on any atom is -0.464 e. The third-order valence-electron chi connectivity index (χ3n) is 11.4. The molecule has 5 aliphatic rings. The van der Waals surface area contributed by atoms with E-state index in [1.54, 1.807) is 6.92 Å². The molecule has 170 valence electrons. The van der Waals surface area contributed by atoms with Gasteiger partial charge in [-0.2, -0.15) is 0 Å². The van der Waals surface area contributed by atoms with Crippen molar-refractivity contribution in [2.75, 3.05) is 6.61 Å². The van der Waals surface area contributed by atoms with Crippen molar-refractivity contribution in [3.05, 3.63) is 0 Å². The van der Waals surface area contributed by atoms with Gasteiger partial charge in [0.05, 0.1) is 18.3 Å². The van der Waals surface area contributed by atoms with Crippen LogP contribution >= 0.6 is 0 Å². The largest absolute Gasteiger partial charge is 0.464 e. The summed E-state index contributed by atoms with van der Waals surface area (Å²) >= 11 is 0. The molecule has 0 radical (unpaired) electrons. The molecular weight excluding hydrogens is 380 g/mol. The van der Waals surface area contributed by atoms with E-state index in [0.717, 1.165) is 32.1 Å². The van der Waals surface area contributed by atoms with Gasteiger partial charge in [0.1, 0.15) is 0 Å². The predicted molar refractivity (Wildman–Crippen MR) is 112 cm³/mol. The van der Waals surface area contributed by atoms with Gasteiger partial charge in [-0.3, -0.25) is 0 Å². The van der Waals surface area contributed by atoms with Crippen molar-refractivity contribution < 1.29 is 24.9 Å². The Hall–Kier alpha value is -0.650. The van der Waals surface area contributed by atoms with E-state index in [9.17, 15) is 20.1 Å². The molecule has 0 saturated heterocycles. The number of rotatable bonds is 2. The maximum atomic E-state index is 13.1. The van der Waals surface area contributed by atoms with E-state index >= 15 is 0 Å². The predicted octanol–water partition coefficient (Wildman–Crippen LogP) is 3.15. The van der Waals surface area contributed by atoms with Gasteiger partial charge in [0.25, 0.3) is 0 Å². The summed E-state index contributed by atoms with van der Waals surface area (Å²) < 4.78 is 5.41. The fourth-order valence-electron chi connectivity index (χ4n) is 9.69. The second kappa shape index (κ2) is 6.23. The summed E-state index contributed by atoms with van der Waals surface area (Å²) in [4.78, 5) is 13.1. The molecule has 6 unspecified atom stereocenters. The Balaban J connectivity index is 1.57. The highest BCUT2D eigenvalue weighted by molar-refractivity contribution is 5.82. The Morgan fingerprint density at radius 3 is 2.40 bits per heavy atom. The lowest BCUT2D eigenvalue weighted by molar-refractivity contribution is -0.236. The van der Waals surface area contributed by atoms with Crippen LogP contribution in [-0.4, -0.2) is 45.2 Å². The van der Waals surface area contributed by atoms with Gasteiger partial charge in [-0.1, -0.05) is 27.7 Å². The van der Waals surface area contributed by atoms with Gasteiger partial charge in [-0.05, 0) is 85.9 Å². The Morgan fingerprint density at radius 2 is 1.73 bits per heavy atom. The topological polar surface area (TPSA) is 87.0 Å². The second-order valence-electron chi connectivity index (χ2n) is 12.0. The van der Waals surface area contributed by atoms with Crippen LogP contribution in [0.15, 0.2) is 0 Å². The van der Waals surface area contributed by atoms with Crippen LogP contribution < -0.4 is 0 Å². The summed E-state index contributed by atoms with van der Waals surface area (Å²) in [5, 5.41) is 34.1. The van der Waals surface area contributed by atoms with Crippen LogP contribution in [-0.2, 0) is 9.53 Å².